The Balaban J connectivity index is 2.84. The second-order valence-corrected chi connectivity index (χ2v) is 3.19. The number of hydrogen-bond acceptors (Lipinski definition) is 2. The summed E-state index contributed by atoms with van der Waals surface area (Å²) in [7, 11) is 1.67. The molecule has 0 spiro atoms. The predicted octanol–water partition coefficient (Wildman–Crippen LogP) is 3.05. The lowest BCUT2D eigenvalue weighted by atomic mass is 10.1. The van der Waals surface area contributed by atoms with Crippen molar-refractivity contribution in [2.24, 2.45) is 0 Å². The van der Waals surface area contributed by atoms with Gasteiger partial charge in [-0.15, -0.1) is 0 Å². The molecule has 0 aliphatic carbocycles. The Morgan fingerprint density at radius 1 is 1.14 bits per heavy atom. The zero-order valence-electron chi connectivity index (χ0n) is 9.17. The summed E-state index contributed by atoms with van der Waals surface area (Å²) < 4.78 is 10.8. The largest absolute Gasteiger partial charge is 0.493 e. The summed E-state index contributed by atoms with van der Waals surface area (Å²) in [6, 6.07) is 6.08. The predicted molar refractivity (Wildman–Crippen MR) is 58.2 cm³/mol. The van der Waals surface area contributed by atoms with Gasteiger partial charge in [-0.2, -0.15) is 0 Å². The van der Waals surface area contributed by atoms with E-state index in [-0.39, 0.29) is 0 Å². The molecule has 1 rings (SSSR count). The number of hydrogen-bond donors (Lipinski definition) is 0. The van der Waals surface area contributed by atoms with Crippen molar-refractivity contribution in [3.05, 3.63) is 23.8 Å². The Morgan fingerprint density at radius 2 is 1.93 bits per heavy atom. The molecule has 0 aliphatic rings. The highest BCUT2D eigenvalue weighted by atomic mass is 16.5. The third kappa shape index (κ3) is 2.66. The molecule has 0 N–H and O–H groups in total. The maximum absolute atomic E-state index is 5.59. The van der Waals surface area contributed by atoms with Crippen LogP contribution in [-0.4, -0.2) is 13.7 Å². The molecular formula is C12H18O2. The fourth-order valence-corrected chi connectivity index (χ4v) is 1.27. The van der Waals surface area contributed by atoms with Crippen LogP contribution >= 0.6 is 0 Å². The molecule has 0 fully saturated rings. The minimum atomic E-state index is 0.740. The molecule has 1 aromatic rings. The van der Waals surface area contributed by atoms with Gasteiger partial charge in [0.15, 0.2) is 11.5 Å². The highest BCUT2D eigenvalue weighted by Crippen LogP contribution is 2.28. The van der Waals surface area contributed by atoms with Gasteiger partial charge >= 0.3 is 0 Å². The Kier molecular flexibility index (Phi) is 4.30. The lowest BCUT2D eigenvalue weighted by Crippen LogP contribution is -1.98. The third-order valence-electron chi connectivity index (χ3n) is 2.10. The molecule has 0 saturated heterocycles. The van der Waals surface area contributed by atoms with Crippen molar-refractivity contribution in [1.82, 2.24) is 0 Å². The van der Waals surface area contributed by atoms with E-state index in [2.05, 4.69) is 26.0 Å². The number of rotatable bonds is 5. The molecule has 0 unspecified atom stereocenters. The van der Waals surface area contributed by atoms with Gasteiger partial charge < -0.3 is 9.47 Å². The zero-order valence-corrected chi connectivity index (χ0v) is 9.17. The summed E-state index contributed by atoms with van der Waals surface area (Å²) >= 11 is 0. The number of methoxy groups -OCH3 is 1. The van der Waals surface area contributed by atoms with Gasteiger partial charge in [0.2, 0.25) is 0 Å². The molecule has 2 nitrogen and oxygen atoms in total. The van der Waals surface area contributed by atoms with Crippen molar-refractivity contribution in [1.29, 1.82) is 0 Å². The molecule has 0 radical (unpaired) electrons. The number of ether oxygens (including phenoxy) is 2. The fraction of sp³-hybridized carbons (Fsp3) is 0.500. The van der Waals surface area contributed by atoms with Crippen LogP contribution in [0.2, 0.25) is 0 Å². The first-order valence-electron chi connectivity index (χ1n) is 5.11. The van der Waals surface area contributed by atoms with Crippen molar-refractivity contribution in [3.63, 3.8) is 0 Å². The summed E-state index contributed by atoms with van der Waals surface area (Å²) in [6.45, 7) is 4.96. The van der Waals surface area contributed by atoms with Crippen molar-refractivity contribution in [2.45, 2.75) is 26.7 Å². The molecule has 0 bridgehead atoms. The van der Waals surface area contributed by atoms with Gasteiger partial charge in [0.1, 0.15) is 0 Å². The average molecular weight is 194 g/mol. The van der Waals surface area contributed by atoms with E-state index in [0.29, 0.717) is 0 Å². The normalized spacial score (nSPS) is 9.93. The van der Waals surface area contributed by atoms with Gasteiger partial charge in [0.25, 0.3) is 0 Å². The first-order valence-corrected chi connectivity index (χ1v) is 5.11. The molecule has 0 saturated carbocycles. The van der Waals surface area contributed by atoms with Crippen molar-refractivity contribution in [2.75, 3.05) is 13.7 Å². The van der Waals surface area contributed by atoms with E-state index >= 15 is 0 Å². The van der Waals surface area contributed by atoms with Crippen molar-refractivity contribution >= 4 is 0 Å². The first-order chi connectivity index (χ1) is 6.81. The van der Waals surface area contributed by atoms with Crippen LogP contribution in [0.3, 0.4) is 0 Å². The summed E-state index contributed by atoms with van der Waals surface area (Å²) in [4.78, 5) is 0. The maximum atomic E-state index is 5.59. The molecule has 0 heterocycles. The fourth-order valence-electron chi connectivity index (χ4n) is 1.27. The Hall–Kier alpha value is -1.18. The molecule has 0 aromatic heterocycles. The lowest BCUT2D eigenvalue weighted by Gasteiger charge is -2.10. The molecular weight excluding hydrogens is 176 g/mol. The standard InChI is InChI=1S/C12H18O2/c1-4-8-14-12-9-10(5-2)6-7-11(12)13-3/h6-7,9H,4-5,8H2,1-3H3. The van der Waals surface area contributed by atoms with E-state index in [9.17, 15) is 0 Å². The summed E-state index contributed by atoms with van der Waals surface area (Å²) in [5.74, 6) is 1.67. The van der Waals surface area contributed by atoms with Crippen LogP contribution in [0.25, 0.3) is 0 Å². The molecule has 2 heteroatoms. The second kappa shape index (κ2) is 5.53. The van der Waals surface area contributed by atoms with Gasteiger partial charge in [-0.1, -0.05) is 19.9 Å². The zero-order chi connectivity index (χ0) is 10.4. The maximum Gasteiger partial charge on any atom is 0.161 e. The SMILES string of the molecule is CCCOc1cc(CC)ccc1OC. The molecule has 78 valence electrons. The smallest absolute Gasteiger partial charge is 0.161 e. The number of benzene rings is 1. The van der Waals surface area contributed by atoms with E-state index in [1.54, 1.807) is 7.11 Å². The van der Waals surface area contributed by atoms with Crippen LogP contribution in [0.15, 0.2) is 18.2 Å². The van der Waals surface area contributed by atoms with Crippen LogP contribution < -0.4 is 9.47 Å². The average Bonchev–Trinajstić information content (AvgIpc) is 2.25. The van der Waals surface area contributed by atoms with Crippen LogP contribution in [-0.2, 0) is 6.42 Å². The van der Waals surface area contributed by atoms with Crippen molar-refractivity contribution < 1.29 is 9.47 Å². The second-order valence-electron chi connectivity index (χ2n) is 3.19. The Labute approximate surface area is 85.8 Å². The minimum Gasteiger partial charge on any atom is -0.493 e. The monoisotopic (exact) mass is 194 g/mol. The molecule has 14 heavy (non-hydrogen) atoms. The Morgan fingerprint density at radius 3 is 2.50 bits per heavy atom. The van der Waals surface area contributed by atoms with E-state index in [0.717, 1.165) is 30.9 Å². The van der Waals surface area contributed by atoms with E-state index < -0.39 is 0 Å². The first kappa shape index (κ1) is 10.9. The van der Waals surface area contributed by atoms with Crippen LogP contribution in [0.1, 0.15) is 25.8 Å². The van der Waals surface area contributed by atoms with Crippen LogP contribution in [0, 0.1) is 0 Å². The summed E-state index contributed by atoms with van der Waals surface area (Å²) in [5.41, 5.74) is 1.27. The minimum absolute atomic E-state index is 0.740. The van der Waals surface area contributed by atoms with Gasteiger partial charge in [0, 0.05) is 0 Å². The van der Waals surface area contributed by atoms with E-state index in [1.807, 2.05) is 6.07 Å². The topological polar surface area (TPSA) is 18.5 Å². The van der Waals surface area contributed by atoms with Crippen molar-refractivity contribution in [3.8, 4) is 11.5 Å². The molecule has 1 aromatic carbocycles. The van der Waals surface area contributed by atoms with Gasteiger partial charge in [-0.25, -0.2) is 0 Å². The quantitative estimate of drug-likeness (QED) is 0.717. The highest BCUT2D eigenvalue weighted by molar-refractivity contribution is 5.42. The van der Waals surface area contributed by atoms with Gasteiger partial charge in [-0.3, -0.25) is 0 Å². The van der Waals surface area contributed by atoms with Gasteiger partial charge in [-0.05, 0) is 30.5 Å². The summed E-state index contributed by atoms with van der Waals surface area (Å²) in [6.07, 6.45) is 2.03. The molecule has 0 atom stereocenters. The van der Waals surface area contributed by atoms with Gasteiger partial charge in [0.05, 0.1) is 13.7 Å². The molecule has 0 aliphatic heterocycles. The third-order valence-corrected chi connectivity index (χ3v) is 2.10. The van der Waals surface area contributed by atoms with E-state index in [4.69, 9.17) is 9.47 Å². The lowest BCUT2D eigenvalue weighted by molar-refractivity contribution is 0.294. The van der Waals surface area contributed by atoms with Crippen LogP contribution in [0.4, 0.5) is 0 Å². The number of aryl methyl sites for hydroxylation is 1. The van der Waals surface area contributed by atoms with E-state index in [1.165, 1.54) is 5.56 Å². The highest BCUT2D eigenvalue weighted by Gasteiger charge is 2.04. The Bertz CT molecular complexity index is 282. The molecule has 0 amide bonds. The summed E-state index contributed by atoms with van der Waals surface area (Å²) in [5, 5.41) is 0. The van der Waals surface area contributed by atoms with Crippen LogP contribution in [0.5, 0.6) is 11.5 Å².